The number of fused-ring (bicyclic) bond motifs is 2. The molecule has 5 rings (SSSR count). The van der Waals surface area contributed by atoms with Gasteiger partial charge in [-0.25, -0.2) is 0 Å². The van der Waals surface area contributed by atoms with Crippen LogP contribution in [0, 0.1) is 25.7 Å². The van der Waals surface area contributed by atoms with Crippen molar-refractivity contribution in [3.63, 3.8) is 0 Å². The lowest BCUT2D eigenvalue weighted by molar-refractivity contribution is -0.152. The summed E-state index contributed by atoms with van der Waals surface area (Å²) >= 11 is 1.57. The number of ether oxygens (including phenoxy) is 1. The van der Waals surface area contributed by atoms with Crippen molar-refractivity contribution in [3.05, 3.63) is 53.6 Å². The fourth-order valence-electron chi connectivity index (χ4n) is 6.60. The molecule has 4 aliphatic heterocycles. The molecule has 1 unspecified atom stereocenters. The molecular weight excluding hydrogens is 476 g/mol. The van der Waals surface area contributed by atoms with Gasteiger partial charge >= 0.3 is 5.97 Å². The molecule has 192 valence electrons. The van der Waals surface area contributed by atoms with Gasteiger partial charge in [-0.1, -0.05) is 36.4 Å². The van der Waals surface area contributed by atoms with Crippen LogP contribution in [0.25, 0.3) is 0 Å². The number of anilines is 1. The van der Waals surface area contributed by atoms with Crippen LogP contribution in [-0.4, -0.2) is 69.6 Å². The number of nitrogens with zero attached hydrogens (tertiary/aromatic N) is 2. The smallest absolute Gasteiger partial charge is 0.311 e. The van der Waals surface area contributed by atoms with E-state index in [9.17, 15) is 19.5 Å². The molecule has 0 aromatic heterocycles. The maximum Gasteiger partial charge on any atom is 0.311 e. The average Bonchev–Trinajstić information content (AvgIpc) is 3.08. The van der Waals surface area contributed by atoms with Crippen molar-refractivity contribution in [2.24, 2.45) is 11.8 Å². The summed E-state index contributed by atoms with van der Waals surface area (Å²) in [5, 5.41) is 9.22. The number of cyclic esters (lactones) is 1. The van der Waals surface area contributed by atoms with Crippen LogP contribution in [0.4, 0.5) is 5.69 Å². The van der Waals surface area contributed by atoms with Gasteiger partial charge in [-0.2, -0.15) is 0 Å². The minimum atomic E-state index is -0.864. The number of para-hydroxylation sites is 1. The van der Waals surface area contributed by atoms with Crippen LogP contribution in [0.15, 0.2) is 42.5 Å². The van der Waals surface area contributed by atoms with E-state index in [-0.39, 0.29) is 31.0 Å². The molecule has 0 saturated carbocycles. The highest BCUT2D eigenvalue weighted by Crippen LogP contribution is 2.65. The number of thioether (sulfide) groups is 1. The van der Waals surface area contributed by atoms with Gasteiger partial charge in [0, 0.05) is 30.1 Å². The topological polar surface area (TPSA) is 87.2 Å². The lowest BCUT2D eigenvalue weighted by Crippen LogP contribution is -2.53. The van der Waals surface area contributed by atoms with Gasteiger partial charge in [-0.3, -0.25) is 14.4 Å². The van der Waals surface area contributed by atoms with Gasteiger partial charge in [0.05, 0.1) is 16.6 Å². The van der Waals surface area contributed by atoms with Gasteiger partial charge in [0.2, 0.25) is 5.91 Å². The number of carbonyl (C=O) groups is 3. The maximum atomic E-state index is 14.5. The van der Waals surface area contributed by atoms with Crippen molar-refractivity contribution in [2.75, 3.05) is 31.2 Å². The van der Waals surface area contributed by atoms with Gasteiger partial charge in [0.1, 0.15) is 12.6 Å². The molecule has 0 radical (unpaired) electrons. The van der Waals surface area contributed by atoms with Crippen molar-refractivity contribution < 1.29 is 24.2 Å². The van der Waals surface area contributed by atoms with Crippen LogP contribution in [0.2, 0.25) is 0 Å². The quantitative estimate of drug-likeness (QED) is 0.359. The summed E-state index contributed by atoms with van der Waals surface area (Å²) in [5.41, 5.74) is 2.89. The summed E-state index contributed by atoms with van der Waals surface area (Å²) in [5.74, 6) is -1.98. The summed E-state index contributed by atoms with van der Waals surface area (Å²) in [6.45, 7) is 7.10. The third kappa shape index (κ3) is 3.72. The summed E-state index contributed by atoms with van der Waals surface area (Å²) in [7, 11) is 0. The third-order valence-electron chi connectivity index (χ3n) is 8.08. The van der Waals surface area contributed by atoms with Crippen LogP contribution < -0.4 is 4.90 Å². The standard InChI is InChI=1S/C28H34N2O5S/c1-18-10-7-11-19(2)22(18)29-15-8-13-28-20(21-26(34)35-17-9-12-27(21,3)36-28)24(32)30(23(28)25(29)33)14-5-4-6-16-31/h7-13,20-21,23,31H,4-6,14-17H2,1-3H3/t20-,21+,23?,27-,28-/m0/s1. The molecule has 0 bridgehead atoms. The van der Waals surface area contributed by atoms with Crippen molar-refractivity contribution in [3.8, 4) is 0 Å². The molecule has 0 aliphatic carbocycles. The Bertz CT molecular complexity index is 1130. The first kappa shape index (κ1) is 25.1. The van der Waals surface area contributed by atoms with E-state index in [1.807, 2.05) is 68.2 Å². The zero-order valence-electron chi connectivity index (χ0n) is 21.1. The molecule has 36 heavy (non-hydrogen) atoms. The Morgan fingerprint density at radius 2 is 1.78 bits per heavy atom. The third-order valence-corrected chi connectivity index (χ3v) is 9.88. The molecule has 1 aromatic carbocycles. The molecule has 2 fully saturated rings. The first-order valence-corrected chi connectivity index (χ1v) is 13.6. The van der Waals surface area contributed by atoms with Crippen LogP contribution in [-0.2, 0) is 19.1 Å². The predicted octanol–water partition coefficient (Wildman–Crippen LogP) is 3.17. The molecule has 5 atom stereocenters. The van der Waals surface area contributed by atoms with E-state index in [1.54, 1.807) is 16.7 Å². The van der Waals surface area contributed by atoms with E-state index in [0.29, 0.717) is 25.9 Å². The lowest BCUT2D eigenvalue weighted by Gasteiger charge is -2.37. The molecule has 4 heterocycles. The largest absolute Gasteiger partial charge is 0.461 e. The molecule has 4 aliphatic rings. The van der Waals surface area contributed by atoms with Gasteiger partial charge in [-0.05, 0) is 57.2 Å². The highest BCUT2D eigenvalue weighted by Gasteiger charge is 2.74. The number of unbranched alkanes of at least 4 members (excludes halogenated alkanes) is 2. The minimum absolute atomic E-state index is 0.0976. The van der Waals surface area contributed by atoms with E-state index in [2.05, 4.69) is 0 Å². The number of rotatable bonds is 6. The first-order chi connectivity index (χ1) is 17.2. The Morgan fingerprint density at radius 3 is 2.50 bits per heavy atom. The molecule has 2 saturated heterocycles. The molecule has 8 heteroatoms. The zero-order valence-corrected chi connectivity index (χ0v) is 21.9. The number of likely N-dealkylation sites (tertiary alicyclic amines) is 1. The lowest BCUT2D eigenvalue weighted by atomic mass is 9.75. The summed E-state index contributed by atoms with van der Waals surface area (Å²) in [6.07, 6.45) is 9.96. The number of aliphatic hydroxyl groups is 1. The SMILES string of the molecule is Cc1cccc(C)c1N1CC=C[C@]23S[C@@]4(C)C=CCOC(=O)[C@H]4[C@H]2C(=O)N(CCCCCO)C3C1=O. The summed E-state index contributed by atoms with van der Waals surface area (Å²) < 4.78 is 3.98. The fraction of sp³-hybridized carbons (Fsp3) is 0.536. The van der Waals surface area contributed by atoms with E-state index in [0.717, 1.165) is 23.2 Å². The summed E-state index contributed by atoms with van der Waals surface area (Å²) in [6, 6.07) is 5.26. The van der Waals surface area contributed by atoms with Gasteiger partial charge in [-0.15, -0.1) is 11.8 Å². The molecule has 7 nitrogen and oxygen atoms in total. The normalized spacial score (nSPS) is 33.2. The van der Waals surface area contributed by atoms with Crippen molar-refractivity contribution in [1.29, 1.82) is 0 Å². The number of amides is 2. The Morgan fingerprint density at radius 1 is 1.03 bits per heavy atom. The molecule has 1 N–H and O–H groups in total. The van der Waals surface area contributed by atoms with Crippen molar-refractivity contribution >= 4 is 35.2 Å². The van der Waals surface area contributed by atoms with Crippen LogP contribution in [0.5, 0.6) is 0 Å². The van der Waals surface area contributed by atoms with Crippen molar-refractivity contribution in [2.45, 2.75) is 55.6 Å². The summed E-state index contributed by atoms with van der Waals surface area (Å²) in [4.78, 5) is 45.3. The van der Waals surface area contributed by atoms with E-state index in [1.165, 1.54) is 0 Å². The molecule has 1 aromatic rings. The van der Waals surface area contributed by atoms with Gasteiger partial charge in [0.15, 0.2) is 0 Å². The minimum Gasteiger partial charge on any atom is -0.461 e. The second-order valence-corrected chi connectivity index (χ2v) is 12.2. The maximum absolute atomic E-state index is 14.5. The molecular formula is C28H34N2O5S. The van der Waals surface area contributed by atoms with E-state index in [4.69, 9.17) is 4.74 Å². The number of esters is 1. The zero-order chi connectivity index (χ0) is 25.7. The number of carbonyl (C=O) groups excluding carboxylic acids is 3. The second-order valence-electron chi connectivity index (χ2n) is 10.4. The predicted molar refractivity (Wildman–Crippen MR) is 140 cm³/mol. The Hall–Kier alpha value is -2.58. The highest BCUT2D eigenvalue weighted by atomic mass is 32.2. The van der Waals surface area contributed by atoms with Crippen LogP contribution in [0.1, 0.15) is 37.3 Å². The van der Waals surface area contributed by atoms with Gasteiger partial charge < -0.3 is 19.6 Å². The first-order valence-electron chi connectivity index (χ1n) is 12.8. The number of hydrogen-bond donors (Lipinski definition) is 1. The average molecular weight is 511 g/mol. The Balaban J connectivity index is 1.62. The van der Waals surface area contributed by atoms with E-state index < -0.39 is 27.4 Å². The molecule has 1 spiro atoms. The number of aryl methyl sites for hydroxylation is 2. The Kier molecular flexibility index (Phi) is 6.53. The van der Waals surface area contributed by atoms with Crippen LogP contribution >= 0.6 is 11.8 Å². The second kappa shape index (κ2) is 9.38. The Labute approximate surface area is 216 Å². The van der Waals surface area contributed by atoms with Crippen molar-refractivity contribution in [1.82, 2.24) is 4.90 Å². The number of benzene rings is 1. The number of hydrogen-bond acceptors (Lipinski definition) is 6. The monoisotopic (exact) mass is 510 g/mol. The van der Waals surface area contributed by atoms with Crippen LogP contribution in [0.3, 0.4) is 0 Å². The number of aliphatic hydroxyl groups excluding tert-OH is 1. The van der Waals surface area contributed by atoms with Gasteiger partial charge in [0.25, 0.3) is 5.91 Å². The highest BCUT2D eigenvalue weighted by molar-refractivity contribution is 8.02. The molecule has 2 amide bonds. The van der Waals surface area contributed by atoms with E-state index >= 15 is 0 Å². The fourth-order valence-corrected chi connectivity index (χ4v) is 8.75.